The number of benzene rings is 2. The van der Waals surface area contributed by atoms with Crippen LogP contribution in [0.25, 0.3) is 0 Å². The van der Waals surface area contributed by atoms with Crippen LogP contribution in [0.3, 0.4) is 0 Å². The maximum Gasteiger partial charge on any atom is 0.161 e. The van der Waals surface area contributed by atoms with Crippen molar-refractivity contribution in [3.05, 3.63) is 69.5 Å². The highest BCUT2D eigenvalue weighted by Crippen LogP contribution is 2.31. The van der Waals surface area contributed by atoms with E-state index in [-0.39, 0.29) is 11.9 Å². The van der Waals surface area contributed by atoms with Gasteiger partial charge in [-0.15, -0.1) is 0 Å². The molecule has 1 heterocycles. The summed E-state index contributed by atoms with van der Waals surface area (Å²) in [6.07, 6.45) is 0. The molecule has 3 atom stereocenters. The van der Waals surface area contributed by atoms with E-state index in [0.717, 1.165) is 5.56 Å². The third-order valence-electron chi connectivity index (χ3n) is 4.09. The second-order valence-corrected chi connectivity index (χ2v) is 7.57. The Balaban J connectivity index is 1.96. The maximum absolute atomic E-state index is 14.1. The van der Waals surface area contributed by atoms with Gasteiger partial charge in [-0.2, -0.15) is 0 Å². The van der Waals surface area contributed by atoms with Gasteiger partial charge in [0, 0.05) is 10.6 Å². The molecule has 126 valence electrons. The first-order valence-electron chi connectivity index (χ1n) is 7.34. The predicted octanol–water partition coefficient (Wildman–Crippen LogP) is 2.08. The van der Waals surface area contributed by atoms with Gasteiger partial charge >= 0.3 is 0 Å². The summed E-state index contributed by atoms with van der Waals surface area (Å²) in [7, 11) is 0. The van der Waals surface area contributed by atoms with Crippen LogP contribution in [0.2, 0.25) is 10.0 Å². The maximum atomic E-state index is 14.1. The van der Waals surface area contributed by atoms with Gasteiger partial charge in [-0.1, -0.05) is 53.2 Å². The van der Waals surface area contributed by atoms with E-state index < -0.39 is 17.8 Å². The largest absolute Gasteiger partial charge is 0.544 e. The van der Waals surface area contributed by atoms with E-state index in [9.17, 15) is 14.3 Å². The molecule has 0 bridgehead atoms. The number of carboxylic acids is 1. The summed E-state index contributed by atoms with van der Waals surface area (Å²) in [6, 6.07) is 11.0. The third-order valence-corrected chi connectivity index (χ3v) is 6.12. The van der Waals surface area contributed by atoms with Gasteiger partial charge in [0.05, 0.1) is 16.3 Å². The zero-order valence-electron chi connectivity index (χ0n) is 12.5. The Labute approximate surface area is 153 Å². The fourth-order valence-electron chi connectivity index (χ4n) is 2.91. The Morgan fingerprint density at radius 1 is 1.29 bits per heavy atom. The number of halogens is 3. The average Bonchev–Trinajstić information content (AvgIpc) is 2.95. The molecule has 1 N–H and O–H groups in total. The number of hydrogen-bond donors (Lipinski definition) is 1. The summed E-state index contributed by atoms with van der Waals surface area (Å²) in [5, 5.41) is 12.2. The number of thioether (sulfide) groups is 1. The molecule has 2 aromatic carbocycles. The number of hydrogen-bond acceptors (Lipinski definition) is 3. The van der Waals surface area contributed by atoms with Crippen LogP contribution in [0.15, 0.2) is 42.5 Å². The van der Waals surface area contributed by atoms with Crippen molar-refractivity contribution < 1.29 is 19.2 Å². The fourth-order valence-corrected chi connectivity index (χ4v) is 4.87. The van der Waals surface area contributed by atoms with Crippen molar-refractivity contribution in [3.63, 3.8) is 0 Å². The molecule has 0 radical (unpaired) electrons. The third kappa shape index (κ3) is 3.54. The number of carboxylic acid groups (broad SMARTS) is 1. The molecule has 0 aromatic heterocycles. The Morgan fingerprint density at radius 3 is 2.71 bits per heavy atom. The average molecular weight is 386 g/mol. The zero-order valence-corrected chi connectivity index (χ0v) is 14.8. The quantitative estimate of drug-likeness (QED) is 0.875. The normalized spacial score (nSPS) is 23.4. The van der Waals surface area contributed by atoms with Crippen LogP contribution in [0.1, 0.15) is 16.5 Å². The van der Waals surface area contributed by atoms with Crippen LogP contribution in [-0.2, 0) is 11.3 Å². The smallest absolute Gasteiger partial charge is 0.161 e. The minimum Gasteiger partial charge on any atom is -0.544 e. The zero-order chi connectivity index (χ0) is 17.3. The highest BCUT2D eigenvalue weighted by atomic mass is 35.5. The van der Waals surface area contributed by atoms with Gasteiger partial charge in [-0.3, -0.25) is 0 Å². The van der Waals surface area contributed by atoms with Crippen molar-refractivity contribution in [3.8, 4) is 0 Å². The molecule has 3 rings (SSSR count). The van der Waals surface area contributed by atoms with Crippen molar-refractivity contribution in [2.75, 3.05) is 5.75 Å². The Bertz CT molecular complexity index is 754. The first kappa shape index (κ1) is 17.5. The Morgan fingerprint density at radius 2 is 2.04 bits per heavy atom. The minimum atomic E-state index is -1.14. The number of carbonyl (C=O) groups is 1. The van der Waals surface area contributed by atoms with Crippen molar-refractivity contribution in [2.24, 2.45) is 0 Å². The molecule has 0 spiro atoms. The number of aliphatic carboxylic acids is 1. The van der Waals surface area contributed by atoms with Crippen LogP contribution in [-0.4, -0.2) is 17.8 Å². The minimum absolute atomic E-state index is 0.161. The molecule has 7 heteroatoms. The van der Waals surface area contributed by atoms with E-state index >= 15 is 0 Å². The summed E-state index contributed by atoms with van der Waals surface area (Å²) in [4.78, 5) is 12.2. The first-order valence-corrected chi connectivity index (χ1v) is 9.14. The van der Waals surface area contributed by atoms with Gasteiger partial charge in [0.15, 0.2) is 5.37 Å². The molecule has 0 amide bonds. The van der Waals surface area contributed by atoms with Crippen LogP contribution in [0.5, 0.6) is 0 Å². The lowest BCUT2D eigenvalue weighted by atomic mass is 10.1. The van der Waals surface area contributed by atoms with Gasteiger partial charge in [-0.25, -0.2) is 4.39 Å². The summed E-state index contributed by atoms with van der Waals surface area (Å²) in [5.74, 6) is -1.19. The highest BCUT2D eigenvalue weighted by Gasteiger charge is 2.40. The molecule has 1 aliphatic heterocycles. The second kappa shape index (κ2) is 7.31. The van der Waals surface area contributed by atoms with Crippen molar-refractivity contribution in [1.29, 1.82) is 0 Å². The van der Waals surface area contributed by atoms with E-state index in [0.29, 0.717) is 26.3 Å². The van der Waals surface area contributed by atoms with Gasteiger partial charge in [-0.05, 0) is 24.3 Å². The van der Waals surface area contributed by atoms with Crippen LogP contribution in [0, 0.1) is 5.82 Å². The monoisotopic (exact) mass is 385 g/mol. The van der Waals surface area contributed by atoms with Gasteiger partial charge in [0.1, 0.15) is 24.4 Å². The van der Waals surface area contributed by atoms with E-state index in [1.165, 1.54) is 23.9 Å². The SMILES string of the molecule is O=C([O-])[C@@H]1CS[C@H](c2cccc(Cl)c2)[NH+]1Cc1c(F)cccc1Cl. The van der Waals surface area contributed by atoms with Crippen molar-refractivity contribution in [1.82, 2.24) is 0 Å². The fraction of sp³-hybridized carbons (Fsp3) is 0.235. The molecule has 2 aromatic rings. The molecular weight excluding hydrogens is 372 g/mol. The Hall–Kier alpha value is -1.27. The topological polar surface area (TPSA) is 44.6 Å². The highest BCUT2D eigenvalue weighted by molar-refractivity contribution is 7.99. The molecule has 0 aliphatic carbocycles. The van der Waals surface area contributed by atoms with Crippen LogP contribution >= 0.6 is 35.0 Å². The summed E-state index contributed by atoms with van der Waals surface area (Å²) in [6.45, 7) is 0.161. The number of rotatable bonds is 4. The molecule has 1 aliphatic rings. The lowest BCUT2D eigenvalue weighted by Crippen LogP contribution is -3.14. The number of quaternary nitrogens is 1. The van der Waals surface area contributed by atoms with E-state index in [1.807, 2.05) is 12.1 Å². The lowest BCUT2D eigenvalue weighted by Gasteiger charge is -2.27. The molecule has 1 fully saturated rings. The van der Waals surface area contributed by atoms with Crippen molar-refractivity contribution in [2.45, 2.75) is 18.0 Å². The first-order chi connectivity index (χ1) is 11.5. The molecular formula is C17H14Cl2FNO2S. The Kier molecular flexibility index (Phi) is 5.35. The molecule has 24 heavy (non-hydrogen) atoms. The van der Waals surface area contributed by atoms with Gasteiger partial charge in [0.2, 0.25) is 0 Å². The number of nitrogens with one attached hydrogen (secondary N) is 1. The van der Waals surface area contributed by atoms with Gasteiger partial charge in [0.25, 0.3) is 0 Å². The van der Waals surface area contributed by atoms with E-state index in [4.69, 9.17) is 23.2 Å². The lowest BCUT2D eigenvalue weighted by molar-refractivity contribution is -0.940. The van der Waals surface area contributed by atoms with E-state index in [1.54, 1.807) is 18.2 Å². The van der Waals surface area contributed by atoms with Crippen LogP contribution < -0.4 is 10.0 Å². The van der Waals surface area contributed by atoms with E-state index in [2.05, 4.69) is 0 Å². The predicted molar refractivity (Wildman–Crippen MR) is 91.5 cm³/mol. The summed E-state index contributed by atoms with van der Waals surface area (Å²) >= 11 is 13.7. The van der Waals surface area contributed by atoms with Crippen molar-refractivity contribution >= 4 is 40.9 Å². The standard InChI is InChI=1S/C17H14Cl2FNO2S/c18-11-4-1-3-10(7-11)16-21(15(9-24-16)17(22)23)8-12-13(19)5-2-6-14(12)20/h1-7,15-16H,8-9H2,(H,22,23)/t15-,16+/m0/s1. The second-order valence-electron chi connectivity index (χ2n) is 5.59. The molecule has 1 unspecified atom stereocenters. The molecule has 3 nitrogen and oxygen atoms in total. The molecule has 1 saturated heterocycles. The summed E-state index contributed by atoms with van der Waals surface area (Å²) < 4.78 is 14.1. The molecule has 0 saturated carbocycles. The number of carbonyl (C=O) groups excluding carboxylic acids is 1. The van der Waals surface area contributed by atoms with Gasteiger partial charge < -0.3 is 14.8 Å². The summed E-state index contributed by atoms with van der Waals surface area (Å²) in [5.41, 5.74) is 1.22. The van der Waals surface area contributed by atoms with Crippen LogP contribution in [0.4, 0.5) is 4.39 Å².